The van der Waals surface area contributed by atoms with E-state index in [9.17, 15) is 13.2 Å². The normalized spacial score (nSPS) is 20.0. The molecule has 0 spiro atoms. The minimum absolute atomic E-state index is 0.107. The maximum Gasteiger partial charge on any atom is 0.248 e. The van der Waals surface area contributed by atoms with Crippen LogP contribution < -0.4 is 0 Å². The SMILES string of the molecule is Cc1noc(C)c1S(=O)(=O)N1CCC(C(=O)N2CCN(Cc3ccsc3)CC2)CC1. The summed E-state index contributed by atoms with van der Waals surface area (Å²) in [6.45, 7) is 8.10. The molecule has 2 fully saturated rings. The van der Waals surface area contributed by atoms with E-state index in [1.54, 1.807) is 25.2 Å². The zero-order chi connectivity index (χ0) is 21.3. The van der Waals surface area contributed by atoms with E-state index in [0.717, 1.165) is 32.7 Å². The zero-order valence-electron chi connectivity index (χ0n) is 17.4. The molecule has 2 aromatic heterocycles. The number of hydrogen-bond acceptors (Lipinski definition) is 7. The second-order valence-electron chi connectivity index (χ2n) is 8.06. The molecule has 4 rings (SSSR count). The highest BCUT2D eigenvalue weighted by Gasteiger charge is 2.37. The van der Waals surface area contributed by atoms with Crippen LogP contribution in [0.1, 0.15) is 29.9 Å². The van der Waals surface area contributed by atoms with Crippen molar-refractivity contribution in [3.05, 3.63) is 33.8 Å². The number of aryl methyl sites for hydroxylation is 2. The molecule has 2 aliphatic rings. The number of sulfonamides is 1. The average Bonchev–Trinajstić information content (AvgIpc) is 3.37. The van der Waals surface area contributed by atoms with Crippen molar-refractivity contribution >= 4 is 27.3 Å². The first-order chi connectivity index (χ1) is 14.4. The Labute approximate surface area is 181 Å². The number of piperidine rings is 1. The number of aromatic nitrogens is 1. The fourth-order valence-electron chi connectivity index (χ4n) is 4.34. The standard InChI is InChI=1S/C20H28N4O4S2/c1-15-19(16(2)28-21-15)30(26,27)24-6-3-18(4-7-24)20(25)23-10-8-22(9-11-23)13-17-5-12-29-14-17/h5,12,14,18H,3-4,6-11,13H2,1-2H3. The van der Waals surface area contributed by atoms with Gasteiger partial charge in [-0.3, -0.25) is 9.69 Å². The first kappa shape index (κ1) is 21.5. The maximum absolute atomic E-state index is 13.0. The van der Waals surface area contributed by atoms with Gasteiger partial charge in [-0.1, -0.05) is 5.16 Å². The molecule has 0 radical (unpaired) electrons. The fraction of sp³-hybridized carbons (Fsp3) is 0.600. The molecular weight excluding hydrogens is 424 g/mol. The number of nitrogens with zero attached hydrogens (tertiary/aromatic N) is 4. The lowest BCUT2D eigenvalue weighted by Crippen LogP contribution is -2.51. The van der Waals surface area contributed by atoms with E-state index in [0.29, 0.717) is 37.4 Å². The Morgan fingerprint density at radius 1 is 1.17 bits per heavy atom. The Bertz CT molecular complexity index is 951. The van der Waals surface area contributed by atoms with Crippen molar-refractivity contribution in [1.29, 1.82) is 0 Å². The molecule has 0 bridgehead atoms. The molecule has 2 saturated heterocycles. The van der Waals surface area contributed by atoms with Gasteiger partial charge in [0.25, 0.3) is 0 Å². The van der Waals surface area contributed by atoms with E-state index in [-0.39, 0.29) is 16.7 Å². The first-order valence-electron chi connectivity index (χ1n) is 10.3. The van der Waals surface area contributed by atoms with Gasteiger partial charge >= 0.3 is 0 Å². The van der Waals surface area contributed by atoms with Gasteiger partial charge in [0.15, 0.2) is 5.76 Å². The van der Waals surface area contributed by atoms with Crippen LogP contribution in [0.4, 0.5) is 0 Å². The predicted octanol–water partition coefficient (Wildman–Crippen LogP) is 2.10. The zero-order valence-corrected chi connectivity index (χ0v) is 19.0. The lowest BCUT2D eigenvalue weighted by atomic mass is 9.96. The average molecular weight is 453 g/mol. The van der Waals surface area contributed by atoms with Gasteiger partial charge in [-0.15, -0.1) is 0 Å². The Morgan fingerprint density at radius 2 is 1.87 bits per heavy atom. The van der Waals surface area contributed by atoms with Gasteiger partial charge in [0, 0.05) is 51.7 Å². The van der Waals surface area contributed by atoms with Crippen LogP contribution in [-0.2, 0) is 21.4 Å². The van der Waals surface area contributed by atoms with E-state index >= 15 is 0 Å². The topological polar surface area (TPSA) is 87.0 Å². The van der Waals surface area contributed by atoms with Crippen LogP contribution in [0, 0.1) is 19.8 Å². The fourth-order valence-corrected chi connectivity index (χ4v) is 6.76. The van der Waals surface area contributed by atoms with Crippen LogP contribution in [-0.4, -0.2) is 72.9 Å². The Morgan fingerprint density at radius 3 is 2.43 bits per heavy atom. The van der Waals surface area contributed by atoms with Crippen molar-refractivity contribution in [1.82, 2.24) is 19.3 Å². The van der Waals surface area contributed by atoms with Crippen molar-refractivity contribution in [3.8, 4) is 0 Å². The summed E-state index contributed by atoms with van der Waals surface area (Å²) in [5.41, 5.74) is 1.71. The van der Waals surface area contributed by atoms with Gasteiger partial charge in [0.1, 0.15) is 10.6 Å². The summed E-state index contributed by atoms with van der Waals surface area (Å²) in [7, 11) is -3.64. The smallest absolute Gasteiger partial charge is 0.248 e. The van der Waals surface area contributed by atoms with Crippen LogP contribution in [0.2, 0.25) is 0 Å². The molecule has 0 saturated carbocycles. The Kier molecular flexibility index (Phi) is 6.29. The molecule has 8 nitrogen and oxygen atoms in total. The number of thiophene rings is 1. The van der Waals surface area contributed by atoms with Crippen molar-refractivity contribution < 1.29 is 17.7 Å². The second kappa shape index (κ2) is 8.78. The van der Waals surface area contributed by atoms with Crippen molar-refractivity contribution in [2.24, 2.45) is 5.92 Å². The third-order valence-electron chi connectivity index (χ3n) is 6.04. The first-order valence-corrected chi connectivity index (χ1v) is 12.7. The Hall–Kier alpha value is -1.75. The minimum atomic E-state index is -3.64. The quantitative estimate of drug-likeness (QED) is 0.691. The van der Waals surface area contributed by atoms with Crippen LogP contribution in [0.3, 0.4) is 0 Å². The predicted molar refractivity (Wildman–Crippen MR) is 114 cm³/mol. The maximum atomic E-state index is 13.0. The van der Waals surface area contributed by atoms with Gasteiger partial charge in [-0.2, -0.15) is 15.6 Å². The summed E-state index contributed by atoms with van der Waals surface area (Å²) in [4.78, 5) is 17.5. The van der Waals surface area contributed by atoms with Gasteiger partial charge in [0.05, 0.1) is 0 Å². The molecule has 2 aromatic rings. The van der Waals surface area contributed by atoms with E-state index in [4.69, 9.17) is 4.52 Å². The van der Waals surface area contributed by atoms with E-state index < -0.39 is 10.0 Å². The summed E-state index contributed by atoms with van der Waals surface area (Å²) < 4.78 is 32.4. The lowest BCUT2D eigenvalue weighted by Gasteiger charge is -2.38. The molecule has 0 atom stereocenters. The number of amides is 1. The summed E-state index contributed by atoms with van der Waals surface area (Å²) in [6, 6.07) is 2.15. The summed E-state index contributed by atoms with van der Waals surface area (Å²) in [5, 5.41) is 8.03. The molecule has 0 aromatic carbocycles. The van der Waals surface area contributed by atoms with Gasteiger partial charge in [-0.25, -0.2) is 8.42 Å². The highest BCUT2D eigenvalue weighted by molar-refractivity contribution is 7.89. The monoisotopic (exact) mass is 452 g/mol. The number of rotatable bonds is 5. The molecule has 1 amide bonds. The second-order valence-corrected chi connectivity index (χ2v) is 10.7. The van der Waals surface area contributed by atoms with Crippen molar-refractivity contribution in [2.45, 2.75) is 38.1 Å². The van der Waals surface area contributed by atoms with Crippen LogP contribution in [0.15, 0.2) is 26.2 Å². The molecule has 4 heterocycles. The summed E-state index contributed by atoms with van der Waals surface area (Å²) >= 11 is 1.71. The van der Waals surface area contributed by atoms with E-state index in [1.165, 1.54) is 9.87 Å². The van der Waals surface area contributed by atoms with Gasteiger partial charge in [-0.05, 0) is 49.1 Å². The minimum Gasteiger partial charge on any atom is -0.360 e. The van der Waals surface area contributed by atoms with Crippen molar-refractivity contribution in [2.75, 3.05) is 39.3 Å². The molecule has 2 aliphatic heterocycles. The molecule has 0 aliphatic carbocycles. The number of carbonyl (C=O) groups excluding carboxylic acids is 1. The molecule has 0 unspecified atom stereocenters. The molecular formula is C20H28N4O4S2. The molecule has 0 N–H and O–H groups in total. The van der Waals surface area contributed by atoms with E-state index in [2.05, 4.69) is 26.9 Å². The van der Waals surface area contributed by atoms with Crippen LogP contribution in [0.25, 0.3) is 0 Å². The van der Waals surface area contributed by atoms with Gasteiger partial charge in [0.2, 0.25) is 15.9 Å². The van der Waals surface area contributed by atoms with E-state index in [1.807, 2.05) is 4.90 Å². The van der Waals surface area contributed by atoms with Crippen LogP contribution >= 0.6 is 11.3 Å². The lowest BCUT2D eigenvalue weighted by molar-refractivity contribution is -0.138. The Balaban J connectivity index is 1.30. The summed E-state index contributed by atoms with van der Waals surface area (Å²) in [5.74, 6) is 0.370. The molecule has 10 heteroatoms. The number of piperazine rings is 1. The highest BCUT2D eigenvalue weighted by atomic mass is 32.2. The third kappa shape index (κ3) is 4.32. The summed E-state index contributed by atoms with van der Waals surface area (Å²) in [6.07, 6.45) is 1.10. The third-order valence-corrected chi connectivity index (χ3v) is 8.91. The van der Waals surface area contributed by atoms with Crippen LogP contribution in [0.5, 0.6) is 0 Å². The molecule has 30 heavy (non-hydrogen) atoms. The largest absolute Gasteiger partial charge is 0.360 e. The highest BCUT2D eigenvalue weighted by Crippen LogP contribution is 2.28. The number of carbonyl (C=O) groups is 1. The molecule has 164 valence electrons. The van der Waals surface area contributed by atoms with Gasteiger partial charge < -0.3 is 9.42 Å². The number of hydrogen-bond donors (Lipinski definition) is 0. The van der Waals surface area contributed by atoms with Crippen molar-refractivity contribution in [3.63, 3.8) is 0 Å².